The van der Waals surface area contributed by atoms with Crippen molar-refractivity contribution in [3.8, 4) is 5.75 Å². The van der Waals surface area contributed by atoms with E-state index in [1.54, 1.807) is 6.07 Å². The van der Waals surface area contributed by atoms with Gasteiger partial charge in [0.05, 0.1) is 5.56 Å². The maximum atomic E-state index is 11.9. The number of hydrogen-bond donors (Lipinski definition) is 2. The number of benzene rings is 1. The normalized spacial score (nSPS) is 11.4. The lowest BCUT2D eigenvalue weighted by Crippen LogP contribution is -2.24. The number of alkyl halides is 3. The Morgan fingerprint density at radius 1 is 1.32 bits per heavy atom. The fourth-order valence-electron chi connectivity index (χ4n) is 1.44. The van der Waals surface area contributed by atoms with Crippen LogP contribution in [0.2, 0.25) is 0 Å². The number of carbonyl (C=O) groups excluding carboxylic acids is 1. The van der Waals surface area contributed by atoms with Gasteiger partial charge < -0.3 is 10.4 Å². The molecule has 3 nitrogen and oxygen atoms in total. The number of hydrogen-bond acceptors (Lipinski definition) is 2. The van der Waals surface area contributed by atoms with Crippen molar-refractivity contribution in [2.75, 3.05) is 6.54 Å². The SMILES string of the molecule is O=C(NCCCCC(F)(F)F)c1cc(I)ccc1O. The lowest BCUT2D eigenvalue weighted by atomic mass is 10.2. The summed E-state index contributed by atoms with van der Waals surface area (Å²) in [6, 6.07) is 4.57. The molecule has 0 saturated carbocycles. The Bertz CT molecular complexity index is 449. The second kappa shape index (κ2) is 6.97. The van der Waals surface area contributed by atoms with Crippen molar-refractivity contribution in [2.24, 2.45) is 0 Å². The van der Waals surface area contributed by atoms with Crippen LogP contribution in [0.5, 0.6) is 5.75 Å². The maximum Gasteiger partial charge on any atom is 0.389 e. The van der Waals surface area contributed by atoms with E-state index in [2.05, 4.69) is 5.32 Å². The van der Waals surface area contributed by atoms with Gasteiger partial charge in [0.1, 0.15) is 5.75 Å². The number of phenols is 1. The summed E-state index contributed by atoms with van der Waals surface area (Å²) < 4.78 is 36.4. The zero-order chi connectivity index (χ0) is 14.5. The Labute approximate surface area is 122 Å². The van der Waals surface area contributed by atoms with Crippen LogP contribution in [0.3, 0.4) is 0 Å². The molecule has 0 aromatic heterocycles. The highest BCUT2D eigenvalue weighted by Crippen LogP contribution is 2.22. The summed E-state index contributed by atoms with van der Waals surface area (Å²) in [5.74, 6) is -0.628. The third-order valence-corrected chi connectivity index (χ3v) is 3.05. The molecule has 0 saturated heterocycles. The highest BCUT2D eigenvalue weighted by molar-refractivity contribution is 14.1. The molecule has 0 aliphatic carbocycles. The molecule has 0 spiro atoms. The van der Waals surface area contributed by atoms with E-state index in [0.717, 1.165) is 3.57 Å². The molecule has 0 heterocycles. The van der Waals surface area contributed by atoms with Gasteiger partial charge in [0.2, 0.25) is 0 Å². The summed E-state index contributed by atoms with van der Waals surface area (Å²) >= 11 is 2.00. The van der Waals surface area contributed by atoms with E-state index in [1.165, 1.54) is 12.1 Å². The Kier molecular flexibility index (Phi) is 5.89. The van der Waals surface area contributed by atoms with Crippen LogP contribution in [-0.2, 0) is 0 Å². The molecule has 1 rings (SSSR count). The fourth-order valence-corrected chi connectivity index (χ4v) is 1.93. The third-order valence-electron chi connectivity index (χ3n) is 2.38. The first kappa shape index (κ1) is 16.1. The van der Waals surface area contributed by atoms with Crippen LogP contribution in [0.15, 0.2) is 18.2 Å². The molecule has 0 fully saturated rings. The van der Waals surface area contributed by atoms with E-state index in [4.69, 9.17) is 0 Å². The predicted octanol–water partition coefficient (Wildman–Crippen LogP) is 3.46. The predicted molar refractivity (Wildman–Crippen MR) is 73.1 cm³/mol. The Hall–Kier alpha value is -0.990. The average Bonchev–Trinajstić information content (AvgIpc) is 2.30. The van der Waals surface area contributed by atoms with Crippen LogP contribution in [0, 0.1) is 3.57 Å². The first-order valence-electron chi connectivity index (χ1n) is 5.63. The number of phenolic OH excluding ortho intramolecular Hbond substituents is 1. The molecular weight excluding hydrogens is 374 g/mol. The lowest BCUT2D eigenvalue weighted by Gasteiger charge is -2.08. The molecule has 1 amide bonds. The van der Waals surface area contributed by atoms with Crippen LogP contribution in [0.4, 0.5) is 13.2 Å². The quantitative estimate of drug-likeness (QED) is 0.601. The van der Waals surface area contributed by atoms with Gasteiger partial charge in [-0.15, -0.1) is 0 Å². The zero-order valence-electron chi connectivity index (χ0n) is 9.93. The number of amides is 1. The van der Waals surface area contributed by atoms with Crippen LogP contribution in [0.25, 0.3) is 0 Å². The van der Waals surface area contributed by atoms with Gasteiger partial charge in [0.15, 0.2) is 0 Å². The molecule has 106 valence electrons. The number of halogens is 4. The van der Waals surface area contributed by atoms with Crippen molar-refractivity contribution in [3.05, 3.63) is 27.3 Å². The highest BCUT2D eigenvalue weighted by Gasteiger charge is 2.25. The number of carbonyl (C=O) groups is 1. The molecule has 1 aromatic carbocycles. The second-order valence-electron chi connectivity index (χ2n) is 3.99. The fraction of sp³-hybridized carbons (Fsp3) is 0.417. The monoisotopic (exact) mass is 387 g/mol. The van der Waals surface area contributed by atoms with Gasteiger partial charge in [-0.2, -0.15) is 13.2 Å². The molecule has 0 unspecified atom stereocenters. The van der Waals surface area contributed by atoms with Crippen molar-refractivity contribution in [3.63, 3.8) is 0 Å². The van der Waals surface area contributed by atoms with Crippen LogP contribution < -0.4 is 5.32 Å². The summed E-state index contributed by atoms with van der Waals surface area (Å²) in [6.45, 7) is 0.153. The Balaban J connectivity index is 2.38. The van der Waals surface area contributed by atoms with Gasteiger partial charge in [-0.25, -0.2) is 0 Å². The molecule has 0 aliphatic heterocycles. The average molecular weight is 387 g/mol. The zero-order valence-corrected chi connectivity index (χ0v) is 12.1. The largest absolute Gasteiger partial charge is 0.507 e. The van der Waals surface area contributed by atoms with Crippen molar-refractivity contribution in [1.82, 2.24) is 5.32 Å². The van der Waals surface area contributed by atoms with Crippen molar-refractivity contribution < 1.29 is 23.1 Å². The molecule has 1 aromatic rings. The topological polar surface area (TPSA) is 49.3 Å². The number of rotatable bonds is 5. The second-order valence-corrected chi connectivity index (χ2v) is 5.24. The van der Waals surface area contributed by atoms with Gasteiger partial charge in [0, 0.05) is 16.5 Å². The molecule has 7 heteroatoms. The third kappa shape index (κ3) is 6.13. The summed E-state index contributed by atoms with van der Waals surface area (Å²) in [4.78, 5) is 11.7. The van der Waals surface area contributed by atoms with Crippen LogP contribution in [-0.4, -0.2) is 23.7 Å². The van der Waals surface area contributed by atoms with Gasteiger partial charge in [-0.1, -0.05) is 0 Å². The standard InChI is InChI=1S/C12H13F3INO2/c13-12(14,15)5-1-2-6-17-11(19)9-7-8(16)3-4-10(9)18/h3-4,7,18H,1-2,5-6H2,(H,17,19). The van der Waals surface area contributed by atoms with Crippen LogP contribution >= 0.6 is 22.6 Å². The number of unbranched alkanes of at least 4 members (excludes halogenated alkanes) is 1. The molecular formula is C12H13F3INO2. The van der Waals surface area contributed by atoms with E-state index in [-0.39, 0.29) is 30.7 Å². The van der Waals surface area contributed by atoms with E-state index in [0.29, 0.717) is 0 Å². The van der Waals surface area contributed by atoms with E-state index >= 15 is 0 Å². The maximum absolute atomic E-state index is 11.9. The summed E-state index contributed by atoms with van der Waals surface area (Å²) in [5, 5.41) is 12.0. The first-order chi connectivity index (χ1) is 8.79. The van der Waals surface area contributed by atoms with Gasteiger partial charge in [0.25, 0.3) is 5.91 Å². The minimum Gasteiger partial charge on any atom is -0.507 e. The van der Waals surface area contributed by atoms with E-state index < -0.39 is 18.5 Å². The molecule has 2 N–H and O–H groups in total. The molecule has 0 atom stereocenters. The molecule has 19 heavy (non-hydrogen) atoms. The molecule has 0 radical (unpaired) electrons. The van der Waals surface area contributed by atoms with Crippen molar-refractivity contribution >= 4 is 28.5 Å². The van der Waals surface area contributed by atoms with Gasteiger partial charge in [-0.3, -0.25) is 4.79 Å². The van der Waals surface area contributed by atoms with Crippen molar-refractivity contribution in [2.45, 2.75) is 25.4 Å². The van der Waals surface area contributed by atoms with Crippen molar-refractivity contribution in [1.29, 1.82) is 0 Å². The minimum atomic E-state index is -4.15. The summed E-state index contributed by atoms with van der Waals surface area (Å²) in [5.41, 5.74) is 0.128. The first-order valence-corrected chi connectivity index (χ1v) is 6.71. The van der Waals surface area contributed by atoms with Gasteiger partial charge >= 0.3 is 6.18 Å². The van der Waals surface area contributed by atoms with Crippen LogP contribution in [0.1, 0.15) is 29.6 Å². The summed E-state index contributed by atoms with van der Waals surface area (Å²) in [6.07, 6.45) is -4.78. The lowest BCUT2D eigenvalue weighted by molar-refractivity contribution is -0.135. The molecule has 0 bridgehead atoms. The smallest absolute Gasteiger partial charge is 0.389 e. The highest BCUT2D eigenvalue weighted by atomic mass is 127. The number of nitrogens with one attached hydrogen (secondary N) is 1. The summed E-state index contributed by atoms with van der Waals surface area (Å²) in [7, 11) is 0. The molecule has 0 aliphatic rings. The minimum absolute atomic E-state index is 0.0257. The van der Waals surface area contributed by atoms with E-state index in [1.807, 2.05) is 22.6 Å². The Morgan fingerprint density at radius 2 is 2.00 bits per heavy atom. The number of aromatic hydroxyl groups is 1. The van der Waals surface area contributed by atoms with Gasteiger partial charge in [-0.05, 0) is 53.6 Å². The van der Waals surface area contributed by atoms with E-state index in [9.17, 15) is 23.1 Å². The Morgan fingerprint density at radius 3 is 2.63 bits per heavy atom.